The van der Waals surface area contributed by atoms with Crippen LogP contribution in [-0.4, -0.2) is 38.2 Å². The van der Waals surface area contributed by atoms with Crippen molar-refractivity contribution in [3.05, 3.63) is 48.2 Å². The summed E-state index contributed by atoms with van der Waals surface area (Å²) in [4.78, 5) is 9.16. The Labute approximate surface area is 126 Å². The second-order valence-electron chi connectivity index (χ2n) is 5.46. The van der Waals surface area contributed by atoms with Gasteiger partial charge in [-0.15, -0.1) is 0 Å². The quantitative estimate of drug-likeness (QED) is 0.938. The van der Waals surface area contributed by atoms with Gasteiger partial charge in [-0.2, -0.15) is 0 Å². The molecule has 1 aliphatic rings. The molecule has 1 N–H and O–H groups in total. The highest BCUT2D eigenvalue weighted by Gasteiger charge is 2.17. The molecule has 4 heteroatoms. The summed E-state index contributed by atoms with van der Waals surface area (Å²) in [6.45, 7) is 6.35. The van der Waals surface area contributed by atoms with Crippen LogP contribution in [0.1, 0.15) is 5.56 Å². The van der Waals surface area contributed by atoms with E-state index in [0.717, 1.165) is 32.0 Å². The molecule has 0 radical (unpaired) electrons. The molecule has 2 aromatic rings. The molecule has 2 heterocycles. The number of pyridine rings is 1. The van der Waals surface area contributed by atoms with Crippen molar-refractivity contribution >= 4 is 17.2 Å². The van der Waals surface area contributed by atoms with Crippen LogP contribution < -0.4 is 15.1 Å². The molecule has 0 atom stereocenters. The lowest BCUT2D eigenvalue weighted by molar-refractivity contribution is 0.653. The van der Waals surface area contributed by atoms with Crippen molar-refractivity contribution in [1.29, 1.82) is 0 Å². The number of aromatic nitrogens is 1. The molecule has 0 aliphatic carbocycles. The molecule has 0 spiro atoms. The second-order valence-corrected chi connectivity index (χ2v) is 5.46. The molecule has 1 aliphatic heterocycles. The third kappa shape index (κ3) is 3.10. The zero-order valence-corrected chi connectivity index (χ0v) is 12.7. The van der Waals surface area contributed by atoms with E-state index < -0.39 is 0 Å². The van der Waals surface area contributed by atoms with Crippen LogP contribution in [0.5, 0.6) is 0 Å². The van der Waals surface area contributed by atoms with Gasteiger partial charge in [0.05, 0.1) is 0 Å². The highest BCUT2D eigenvalue weighted by atomic mass is 15.3. The van der Waals surface area contributed by atoms with Gasteiger partial charge in [0.15, 0.2) is 0 Å². The van der Waals surface area contributed by atoms with E-state index in [1.54, 1.807) is 0 Å². The smallest absolute Gasteiger partial charge is 0.127 e. The Hall–Kier alpha value is -2.23. The fourth-order valence-corrected chi connectivity index (χ4v) is 2.80. The number of aryl methyl sites for hydroxylation is 1. The molecule has 1 saturated heterocycles. The highest BCUT2D eigenvalue weighted by Crippen LogP contribution is 2.22. The van der Waals surface area contributed by atoms with E-state index >= 15 is 0 Å². The Morgan fingerprint density at radius 1 is 0.952 bits per heavy atom. The summed E-state index contributed by atoms with van der Waals surface area (Å²) >= 11 is 0. The van der Waals surface area contributed by atoms with Gasteiger partial charge in [-0.3, -0.25) is 0 Å². The van der Waals surface area contributed by atoms with Gasteiger partial charge in [0.25, 0.3) is 0 Å². The van der Waals surface area contributed by atoms with Crippen LogP contribution in [0.3, 0.4) is 0 Å². The SMILES string of the molecule is CNc1cc(N2CCN(c3cccc(C)c3)CC2)ccn1. The Kier molecular flexibility index (Phi) is 3.95. The van der Waals surface area contributed by atoms with Crippen molar-refractivity contribution in [3.63, 3.8) is 0 Å². The van der Waals surface area contributed by atoms with Gasteiger partial charge in [-0.25, -0.2) is 4.98 Å². The number of hydrogen-bond acceptors (Lipinski definition) is 4. The van der Waals surface area contributed by atoms with E-state index in [4.69, 9.17) is 0 Å². The second kappa shape index (κ2) is 6.04. The number of benzene rings is 1. The van der Waals surface area contributed by atoms with Crippen molar-refractivity contribution in [2.45, 2.75) is 6.92 Å². The fourth-order valence-electron chi connectivity index (χ4n) is 2.80. The van der Waals surface area contributed by atoms with Crippen molar-refractivity contribution in [1.82, 2.24) is 4.98 Å². The molecule has 0 amide bonds. The van der Waals surface area contributed by atoms with Crippen LogP contribution in [0.2, 0.25) is 0 Å². The zero-order valence-electron chi connectivity index (χ0n) is 12.7. The predicted molar refractivity (Wildman–Crippen MR) is 89.4 cm³/mol. The van der Waals surface area contributed by atoms with Gasteiger partial charge < -0.3 is 15.1 Å². The molecule has 1 fully saturated rings. The molecular formula is C17H22N4. The highest BCUT2D eigenvalue weighted by molar-refractivity contribution is 5.56. The maximum atomic E-state index is 4.28. The number of nitrogens with zero attached hydrogens (tertiary/aromatic N) is 3. The van der Waals surface area contributed by atoms with Crippen molar-refractivity contribution in [2.24, 2.45) is 0 Å². The van der Waals surface area contributed by atoms with Gasteiger partial charge in [-0.1, -0.05) is 12.1 Å². The Bertz CT molecular complexity index is 603. The molecule has 1 aromatic carbocycles. The average Bonchev–Trinajstić information content (AvgIpc) is 2.55. The third-order valence-electron chi connectivity index (χ3n) is 4.01. The number of anilines is 3. The molecular weight excluding hydrogens is 260 g/mol. The molecule has 0 unspecified atom stereocenters. The van der Waals surface area contributed by atoms with Crippen molar-refractivity contribution < 1.29 is 0 Å². The summed E-state index contributed by atoms with van der Waals surface area (Å²) < 4.78 is 0. The minimum Gasteiger partial charge on any atom is -0.373 e. The summed E-state index contributed by atoms with van der Waals surface area (Å²) in [6.07, 6.45) is 1.87. The lowest BCUT2D eigenvalue weighted by Gasteiger charge is -2.37. The first-order chi connectivity index (χ1) is 10.3. The minimum absolute atomic E-state index is 0.925. The van der Waals surface area contributed by atoms with Crippen LogP contribution in [0.15, 0.2) is 42.6 Å². The normalized spacial score (nSPS) is 15.1. The number of nitrogens with one attached hydrogen (secondary N) is 1. The number of hydrogen-bond donors (Lipinski definition) is 1. The van der Waals surface area contributed by atoms with Gasteiger partial charge in [-0.05, 0) is 30.7 Å². The summed E-state index contributed by atoms with van der Waals surface area (Å²) in [7, 11) is 1.90. The van der Waals surface area contributed by atoms with E-state index in [9.17, 15) is 0 Å². The first-order valence-electron chi connectivity index (χ1n) is 7.46. The summed E-state index contributed by atoms with van der Waals surface area (Å²) in [5.41, 5.74) is 3.90. The van der Waals surface area contributed by atoms with Crippen molar-refractivity contribution in [2.75, 3.05) is 48.3 Å². The van der Waals surface area contributed by atoms with Gasteiger partial charge in [0.2, 0.25) is 0 Å². The zero-order chi connectivity index (χ0) is 14.7. The summed E-state index contributed by atoms with van der Waals surface area (Å²) in [5.74, 6) is 0.925. The lowest BCUT2D eigenvalue weighted by atomic mass is 10.2. The molecule has 0 saturated carbocycles. The Balaban J connectivity index is 1.67. The maximum Gasteiger partial charge on any atom is 0.127 e. The Morgan fingerprint density at radius 3 is 2.24 bits per heavy atom. The summed E-state index contributed by atoms with van der Waals surface area (Å²) in [6, 6.07) is 13.0. The predicted octanol–water partition coefficient (Wildman–Crippen LogP) is 2.76. The van der Waals surface area contributed by atoms with Gasteiger partial charge in [0.1, 0.15) is 5.82 Å². The Morgan fingerprint density at radius 2 is 1.62 bits per heavy atom. The molecule has 21 heavy (non-hydrogen) atoms. The van der Waals surface area contributed by atoms with Crippen LogP contribution in [0.25, 0.3) is 0 Å². The third-order valence-corrected chi connectivity index (χ3v) is 4.01. The fraction of sp³-hybridized carbons (Fsp3) is 0.353. The first kappa shape index (κ1) is 13.7. The van der Waals surface area contributed by atoms with E-state index in [-0.39, 0.29) is 0 Å². The van der Waals surface area contributed by atoms with Crippen LogP contribution in [0.4, 0.5) is 17.2 Å². The average molecular weight is 282 g/mol. The van der Waals surface area contributed by atoms with Crippen molar-refractivity contribution in [3.8, 4) is 0 Å². The van der Waals surface area contributed by atoms with E-state index in [0.29, 0.717) is 0 Å². The van der Waals surface area contributed by atoms with E-state index in [2.05, 4.69) is 63.4 Å². The van der Waals surface area contributed by atoms with Crippen LogP contribution >= 0.6 is 0 Å². The minimum atomic E-state index is 0.925. The molecule has 110 valence electrons. The monoisotopic (exact) mass is 282 g/mol. The molecule has 1 aromatic heterocycles. The lowest BCUT2D eigenvalue weighted by Crippen LogP contribution is -2.46. The molecule has 4 nitrogen and oxygen atoms in total. The topological polar surface area (TPSA) is 31.4 Å². The van der Waals surface area contributed by atoms with Crippen LogP contribution in [0, 0.1) is 6.92 Å². The largest absolute Gasteiger partial charge is 0.373 e. The van der Waals surface area contributed by atoms with Gasteiger partial charge in [0, 0.05) is 56.9 Å². The standard InChI is InChI=1S/C17H22N4/c1-14-4-3-5-15(12-14)20-8-10-21(11-9-20)16-6-7-19-17(13-16)18-2/h3-7,12-13H,8-11H2,1-2H3,(H,18,19). The van der Waals surface area contributed by atoms with E-state index in [1.165, 1.54) is 16.9 Å². The van der Waals surface area contributed by atoms with E-state index in [1.807, 2.05) is 13.2 Å². The first-order valence-corrected chi connectivity index (χ1v) is 7.46. The van der Waals surface area contributed by atoms with Gasteiger partial charge >= 0.3 is 0 Å². The molecule has 0 bridgehead atoms. The summed E-state index contributed by atoms with van der Waals surface area (Å²) in [5, 5.41) is 3.10. The number of rotatable bonds is 3. The number of piperazine rings is 1. The maximum absolute atomic E-state index is 4.28. The van der Waals surface area contributed by atoms with Crippen LogP contribution in [-0.2, 0) is 0 Å². The molecule has 3 rings (SSSR count).